The lowest BCUT2D eigenvalue weighted by molar-refractivity contribution is 0.0601. The molecule has 7 heteroatoms. The first-order valence-corrected chi connectivity index (χ1v) is 9.76. The number of fused-ring (bicyclic) bond motifs is 1. The molecule has 0 spiro atoms. The molecule has 156 valence electrons. The number of para-hydroxylation sites is 2. The largest absolute Gasteiger partial charge is 0.496 e. The van der Waals surface area contributed by atoms with Gasteiger partial charge in [0.25, 0.3) is 0 Å². The molecular formula is C24H22N4O3. The molecule has 0 bridgehead atoms. The predicted octanol–water partition coefficient (Wildman–Crippen LogP) is 4.78. The summed E-state index contributed by atoms with van der Waals surface area (Å²) >= 11 is 0. The number of hydrogen-bond acceptors (Lipinski definition) is 7. The van der Waals surface area contributed by atoms with Crippen LogP contribution in [0.15, 0.2) is 72.8 Å². The second-order valence-corrected chi connectivity index (χ2v) is 6.78. The van der Waals surface area contributed by atoms with Gasteiger partial charge in [-0.25, -0.2) is 9.78 Å². The van der Waals surface area contributed by atoms with Gasteiger partial charge in [0.05, 0.1) is 25.3 Å². The highest BCUT2D eigenvalue weighted by atomic mass is 16.5. The highest BCUT2D eigenvalue weighted by Gasteiger charge is 2.11. The number of rotatable bonds is 7. The quantitative estimate of drug-likeness (QED) is 0.421. The molecule has 3 aromatic carbocycles. The molecule has 0 saturated heterocycles. The second-order valence-electron chi connectivity index (χ2n) is 6.78. The zero-order valence-corrected chi connectivity index (χ0v) is 17.3. The van der Waals surface area contributed by atoms with Gasteiger partial charge in [-0.1, -0.05) is 36.4 Å². The minimum atomic E-state index is -0.401. The monoisotopic (exact) mass is 414 g/mol. The Balaban J connectivity index is 1.64. The van der Waals surface area contributed by atoms with Crippen LogP contribution in [0.25, 0.3) is 10.9 Å². The Morgan fingerprint density at radius 1 is 0.935 bits per heavy atom. The van der Waals surface area contributed by atoms with Crippen LogP contribution in [-0.4, -0.2) is 30.2 Å². The SMILES string of the molecule is COC(=O)c1cccc(Nc2nc(NCc3ccccc3OC)c3ccccc3n2)c1. The number of esters is 1. The van der Waals surface area contributed by atoms with Crippen molar-refractivity contribution in [1.29, 1.82) is 0 Å². The highest BCUT2D eigenvalue weighted by molar-refractivity contribution is 5.91. The van der Waals surface area contributed by atoms with Gasteiger partial charge in [0.1, 0.15) is 11.6 Å². The second kappa shape index (κ2) is 9.13. The number of methoxy groups -OCH3 is 2. The van der Waals surface area contributed by atoms with E-state index in [4.69, 9.17) is 9.47 Å². The number of hydrogen-bond donors (Lipinski definition) is 2. The van der Waals surface area contributed by atoms with Gasteiger partial charge in [-0.3, -0.25) is 0 Å². The Morgan fingerprint density at radius 2 is 1.74 bits per heavy atom. The number of ether oxygens (including phenoxy) is 2. The third-order valence-electron chi connectivity index (χ3n) is 4.78. The highest BCUT2D eigenvalue weighted by Crippen LogP contribution is 2.26. The molecule has 0 aliphatic heterocycles. The van der Waals surface area contributed by atoms with Gasteiger partial charge in [0.2, 0.25) is 5.95 Å². The topological polar surface area (TPSA) is 85.4 Å². The Bertz CT molecular complexity index is 1230. The van der Waals surface area contributed by atoms with Gasteiger partial charge in [-0.15, -0.1) is 0 Å². The third-order valence-corrected chi connectivity index (χ3v) is 4.78. The molecule has 1 aromatic heterocycles. The van der Waals surface area contributed by atoms with Crippen LogP contribution in [0.3, 0.4) is 0 Å². The Kier molecular flexibility index (Phi) is 5.93. The standard InChI is InChI=1S/C24H22N4O3/c1-30-21-13-6-3-8-17(21)15-25-22-19-11-4-5-12-20(19)27-24(28-22)26-18-10-7-9-16(14-18)23(29)31-2/h3-14H,15H2,1-2H3,(H2,25,26,27,28). The maximum atomic E-state index is 11.8. The smallest absolute Gasteiger partial charge is 0.337 e. The van der Waals surface area contributed by atoms with Crippen molar-refractivity contribution in [2.45, 2.75) is 6.54 Å². The first-order valence-electron chi connectivity index (χ1n) is 9.76. The average Bonchev–Trinajstić information content (AvgIpc) is 2.82. The minimum absolute atomic E-state index is 0.401. The average molecular weight is 414 g/mol. The molecule has 4 rings (SSSR count). The van der Waals surface area contributed by atoms with Crippen LogP contribution in [0.5, 0.6) is 5.75 Å². The molecule has 7 nitrogen and oxygen atoms in total. The molecule has 31 heavy (non-hydrogen) atoms. The minimum Gasteiger partial charge on any atom is -0.496 e. The van der Waals surface area contributed by atoms with Crippen molar-refractivity contribution in [3.05, 3.63) is 83.9 Å². The van der Waals surface area contributed by atoms with Crippen molar-refractivity contribution in [3.8, 4) is 5.75 Å². The van der Waals surface area contributed by atoms with Crippen LogP contribution < -0.4 is 15.4 Å². The van der Waals surface area contributed by atoms with Crippen LogP contribution in [0, 0.1) is 0 Å². The number of carbonyl (C=O) groups is 1. The maximum Gasteiger partial charge on any atom is 0.337 e. The van der Waals surface area contributed by atoms with E-state index in [9.17, 15) is 4.79 Å². The summed E-state index contributed by atoms with van der Waals surface area (Å²) in [7, 11) is 3.01. The van der Waals surface area contributed by atoms with Crippen molar-refractivity contribution < 1.29 is 14.3 Å². The third kappa shape index (κ3) is 4.56. The molecule has 4 aromatic rings. The van der Waals surface area contributed by atoms with Gasteiger partial charge in [-0.05, 0) is 36.4 Å². The number of nitrogens with one attached hydrogen (secondary N) is 2. The molecule has 1 heterocycles. The fourth-order valence-electron chi connectivity index (χ4n) is 3.27. The van der Waals surface area contributed by atoms with Gasteiger partial charge < -0.3 is 20.1 Å². The summed E-state index contributed by atoms with van der Waals surface area (Å²) in [6, 6.07) is 22.6. The van der Waals surface area contributed by atoms with Crippen LogP contribution >= 0.6 is 0 Å². The van der Waals surface area contributed by atoms with E-state index >= 15 is 0 Å². The molecule has 0 amide bonds. The molecule has 2 N–H and O–H groups in total. The number of anilines is 3. The molecule has 0 atom stereocenters. The number of benzene rings is 3. The fraction of sp³-hybridized carbons (Fsp3) is 0.125. The zero-order chi connectivity index (χ0) is 21.6. The Labute approximate surface area is 180 Å². The fourth-order valence-corrected chi connectivity index (χ4v) is 3.27. The summed E-state index contributed by atoms with van der Waals surface area (Å²) in [6.07, 6.45) is 0. The van der Waals surface area contributed by atoms with Gasteiger partial charge >= 0.3 is 5.97 Å². The molecular weight excluding hydrogens is 392 g/mol. The first-order chi connectivity index (χ1) is 15.2. The van der Waals surface area contributed by atoms with Gasteiger partial charge in [0.15, 0.2) is 0 Å². The number of aromatic nitrogens is 2. The van der Waals surface area contributed by atoms with E-state index in [2.05, 4.69) is 20.6 Å². The molecule has 0 aliphatic rings. The van der Waals surface area contributed by atoms with Gasteiger partial charge in [0, 0.05) is 23.2 Å². The zero-order valence-electron chi connectivity index (χ0n) is 17.3. The lowest BCUT2D eigenvalue weighted by Crippen LogP contribution is -2.07. The van der Waals surface area contributed by atoms with E-state index in [1.54, 1.807) is 25.3 Å². The summed E-state index contributed by atoms with van der Waals surface area (Å²) in [5.74, 6) is 1.53. The predicted molar refractivity (Wildman–Crippen MR) is 121 cm³/mol. The van der Waals surface area contributed by atoms with E-state index in [0.29, 0.717) is 29.6 Å². The molecule has 0 aliphatic carbocycles. The Morgan fingerprint density at radius 3 is 2.58 bits per heavy atom. The summed E-state index contributed by atoms with van der Waals surface area (Å²) < 4.78 is 10.2. The van der Waals surface area contributed by atoms with Crippen molar-refractivity contribution in [2.75, 3.05) is 24.9 Å². The van der Waals surface area contributed by atoms with E-state index in [0.717, 1.165) is 22.2 Å². The summed E-state index contributed by atoms with van der Waals surface area (Å²) in [5, 5.41) is 7.49. The Hall–Kier alpha value is -4.13. The summed E-state index contributed by atoms with van der Waals surface area (Å²) in [6.45, 7) is 0.544. The van der Waals surface area contributed by atoms with Crippen LogP contribution in [-0.2, 0) is 11.3 Å². The molecule has 0 saturated carbocycles. The number of carbonyl (C=O) groups excluding carboxylic acids is 1. The van der Waals surface area contributed by atoms with Crippen molar-refractivity contribution in [3.63, 3.8) is 0 Å². The van der Waals surface area contributed by atoms with Crippen molar-refractivity contribution in [1.82, 2.24) is 9.97 Å². The summed E-state index contributed by atoms with van der Waals surface area (Å²) in [4.78, 5) is 21.1. The van der Waals surface area contributed by atoms with E-state index in [1.165, 1.54) is 7.11 Å². The molecule has 0 unspecified atom stereocenters. The van der Waals surface area contributed by atoms with E-state index < -0.39 is 5.97 Å². The van der Waals surface area contributed by atoms with Crippen LogP contribution in [0.4, 0.5) is 17.5 Å². The normalized spacial score (nSPS) is 10.5. The van der Waals surface area contributed by atoms with Crippen LogP contribution in [0.1, 0.15) is 15.9 Å². The van der Waals surface area contributed by atoms with Crippen LogP contribution in [0.2, 0.25) is 0 Å². The molecule has 0 radical (unpaired) electrons. The van der Waals surface area contributed by atoms with Crippen molar-refractivity contribution >= 4 is 34.3 Å². The molecule has 0 fully saturated rings. The number of nitrogens with zero attached hydrogens (tertiary/aromatic N) is 2. The van der Waals surface area contributed by atoms with Crippen molar-refractivity contribution in [2.24, 2.45) is 0 Å². The van der Waals surface area contributed by atoms with E-state index in [-0.39, 0.29) is 0 Å². The lowest BCUT2D eigenvalue weighted by atomic mass is 10.2. The summed E-state index contributed by atoms with van der Waals surface area (Å²) in [5.41, 5.74) is 2.95. The van der Waals surface area contributed by atoms with E-state index in [1.807, 2.05) is 54.6 Å². The first kappa shape index (κ1) is 20.2. The lowest BCUT2D eigenvalue weighted by Gasteiger charge is -2.13. The maximum absolute atomic E-state index is 11.8. The van der Waals surface area contributed by atoms with Gasteiger partial charge in [-0.2, -0.15) is 4.98 Å².